The molecule has 0 aliphatic rings. The van der Waals surface area contributed by atoms with E-state index in [4.69, 9.17) is 0 Å². The summed E-state index contributed by atoms with van der Waals surface area (Å²) in [6.45, 7) is 7.19. The van der Waals surface area contributed by atoms with Gasteiger partial charge in [-0.3, -0.25) is 0 Å². The lowest BCUT2D eigenvalue weighted by molar-refractivity contribution is 0.440. The van der Waals surface area contributed by atoms with Crippen LogP contribution in [0.2, 0.25) is 0 Å². The maximum absolute atomic E-state index is 10.2. The van der Waals surface area contributed by atoms with Crippen molar-refractivity contribution < 1.29 is 10.2 Å². The lowest BCUT2D eigenvalue weighted by Gasteiger charge is -2.11. The first-order chi connectivity index (χ1) is 13.9. The molecule has 29 heavy (non-hydrogen) atoms. The van der Waals surface area contributed by atoms with Crippen LogP contribution in [-0.2, 0) is 0 Å². The van der Waals surface area contributed by atoms with E-state index in [0.717, 1.165) is 0 Å². The number of aliphatic hydroxyl groups excluding tert-OH is 1. The molecule has 0 fully saturated rings. The molecule has 0 amide bonds. The SMILES string of the molecule is C=C/C=C(\C(=C)O)c1nc(-c2cc(Br)cc(C#N)c2)nc(-c2ccccc2O)n1. The Morgan fingerprint density at radius 2 is 1.83 bits per heavy atom. The van der Waals surface area contributed by atoms with Gasteiger partial charge in [-0.2, -0.15) is 5.26 Å². The van der Waals surface area contributed by atoms with E-state index < -0.39 is 0 Å². The van der Waals surface area contributed by atoms with Crippen molar-refractivity contribution >= 4 is 21.5 Å². The molecule has 0 spiro atoms. The van der Waals surface area contributed by atoms with E-state index in [1.54, 1.807) is 36.4 Å². The molecule has 1 heterocycles. The first kappa shape index (κ1) is 20.0. The number of nitrogens with zero attached hydrogens (tertiary/aromatic N) is 4. The van der Waals surface area contributed by atoms with Crippen molar-refractivity contribution in [2.75, 3.05) is 0 Å². The summed E-state index contributed by atoms with van der Waals surface area (Å²) in [5, 5.41) is 29.5. The quantitative estimate of drug-likeness (QED) is 0.412. The molecule has 0 radical (unpaired) electrons. The van der Waals surface area contributed by atoms with E-state index in [9.17, 15) is 15.5 Å². The summed E-state index contributed by atoms with van der Waals surface area (Å²) in [7, 11) is 0. The second-order valence-electron chi connectivity index (χ2n) is 5.93. The van der Waals surface area contributed by atoms with E-state index in [1.807, 2.05) is 0 Å². The predicted molar refractivity (Wildman–Crippen MR) is 115 cm³/mol. The molecule has 0 aliphatic heterocycles. The number of halogens is 1. The maximum Gasteiger partial charge on any atom is 0.167 e. The van der Waals surface area contributed by atoms with E-state index in [1.165, 1.54) is 18.2 Å². The molecule has 0 saturated heterocycles. The van der Waals surface area contributed by atoms with E-state index >= 15 is 0 Å². The van der Waals surface area contributed by atoms with Gasteiger partial charge in [0, 0.05) is 10.0 Å². The molecule has 0 atom stereocenters. The topological polar surface area (TPSA) is 103 Å². The van der Waals surface area contributed by atoms with E-state index in [-0.39, 0.29) is 34.6 Å². The van der Waals surface area contributed by atoms with Gasteiger partial charge in [0.1, 0.15) is 11.5 Å². The Bertz CT molecular complexity index is 1200. The number of aliphatic hydroxyl groups is 1. The minimum Gasteiger partial charge on any atom is -0.508 e. The smallest absolute Gasteiger partial charge is 0.167 e. The standard InChI is InChI=1S/C22H15BrN4O2/c1-3-6-17(13(2)28)21-25-20(15-9-14(12-24)10-16(23)11-15)26-22(27-21)18-7-4-5-8-19(18)29/h3-11,28-29H,1-2H2/b17-6+. The first-order valence-corrected chi connectivity index (χ1v) is 9.19. The van der Waals surface area contributed by atoms with Crippen molar-refractivity contribution in [3.05, 3.63) is 89.4 Å². The molecule has 0 bridgehead atoms. The van der Waals surface area contributed by atoms with Gasteiger partial charge in [-0.05, 0) is 36.4 Å². The number of benzene rings is 2. The van der Waals surface area contributed by atoms with Crippen LogP contribution in [0.5, 0.6) is 5.75 Å². The number of phenols is 1. The monoisotopic (exact) mass is 446 g/mol. The Morgan fingerprint density at radius 1 is 1.10 bits per heavy atom. The number of nitriles is 1. The van der Waals surface area contributed by atoms with E-state index in [0.29, 0.717) is 21.2 Å². The predicted octanol–water partition coefficient (Wildman–Crippen LogP) is 5.19. The zero-order valence-electron chi connectivity index (χ0n) is 15.2. The van der Waals surface area contributed by atoms with Crippen LogP contribution in [0, 0.1) is 11.3 Å². The van der Waals surface area contributed by atoms with Crippen molar-refractivity contribution in [1.82, 2.24) is 15.0 Å². The second kappa shape index (κ2) is 8.50. The molecule has 2 aromatic carbocycles. The van der Waals surface area contributed by atoms with Gasteiger partial charge in [-0.1, -0.05) is 47.3 Å². The minimum absolute atomic E-state index is 0.000341. The maximum atomic E-state index is 10.2. The highest BCUT2D eigenvalue weighted by Gasteiger charge is 2.17. The molecule has 7 heteroatoms. The Hall–Kier alpha value is -3.76. The normalized spacial score (nSPS) is 11.0. The van der Waals surface area contributed by atoms with Crippen molar-refractivity contribution in [2.45, 2.75) is 0 Å². The number of rotatable bonds is 5. The molecule has 0 unspecified atom stereocenters. The average molecular weight is 447 g/mol. The average Bonchev–Trinajstić information content (AvgIpc) is 2.71. The molecule has 0 saturated carbocycles. The fourth-order valence-corrected chi connectivity index (χ4v) is 3.10. The zero-order chi connectivity index (χ0) is 21.0. The molecule has 1 aromatic heterocycles. The summed E-state index contributed by atoms with van der Waals surface area (Å²) in [5.41, 5.74) is 1.65. The van der Waals surface area contributed by atoms with Gasteiger partial charge in [0.15, 0.2) is 17.5 Å². The van der Waals surface area contributed by atoms with E-state index in [2.05, 4.69) is 50.1 Å². The van der Waals surface area contributed by atoms with Gasteiger partial charge in [0.2, 0.25) is 0 Å². The highest BCUT2D eigenvalue weighted by atomic mass is 79.9. The summed E-state index contributed by atoms with van der Waals surface area (Å²) in [6, 6.07) is 13.8. The lowest BCUT2D eigenvalue weighted by Crippen LogP contribution is -2.04. The largest absolute Gasteiger partial charge is 0.508 e. The van der Waals surface area contributed by atoms with Gasteiger partial charge in [0.05, 0.1) is 22.8 Å². The fraction of sp³-hybridized carbons (Fsp3) is 0. The van der Waals surface area contributed by atoms with Crippen LogP contribution in [0.25, 0.3) is 28.3 Å². The number of phenolic OH excluding ortho intramolecular Hbond substituents is 1. The van der Waals surface area contributed by atoms with Crippen LogP contribution < -0.4 is 0 Å². The summed E-state index contributed by atoms with van der Waals surface area (Å²) in [5.74, 6) is 0.385. The third-order valence-electron chi connectivity index (χ3n) is 3.90. The highest BCUT2D eigenvalue weighted by Crippen LogP contribution is 2.30. The van der Waals surface area contributed by atoms with Crippen LogP contribution in [0.3, 0.4) is 0 Å². The van der Waals surface area contributed by atoms with Crippen LogP contribution in [-0.4, -0.2) is 25.2 Å². The number of aromatic hydroxyl groups is 1. The van der Waals surface area contributed by atoms with Crippen molar-refractivity contribution in [3.63, 3.8) is 0 Å². The van der Waals surface area contributed by atoms with Gasteiger partial charge in [-0.15, -0.1) is 0 Å². The molecular formula is C22H15BrN4O2. The number of hydrogen-bond acceptors (Lipinski definition) is 6. The molecular weight excluding hydrogens is 432 g/mol. The van der Waals surface area contributed by atoms with Crippen LogP contribution in [0.15, 0.2) is 78.0 Å². The molecule has 2 N–H and O–H groups in total. The van der Waals surface area contributed by atoms with Gasteiger partial charge in [0.25, 0.3) is 0 Å². The summed E-state index contributed by atoms with van der Waals surface area (Å²) >= 11 is 3.38. The van der Waals surface area contributed by atoms with Crippen molar-refractivity contribution in [2.24, 2.45) is 0 Å². The van der Waals surface area contributed by atoms with Crippen molar-refractivity contribution in [3.8, 4) is 34.6 Å². The number of allylic oxidation sites excluding steroid dienone is 3. The van der Waals surface area contributed by atoms with Crippen LogP contribution >= 0.6 is 15.9 Å². The van der Waals surface area contributed by atoms with Crippen LogP contribution in [0.4, 0.5) is 0 Å². The fourth-order valence-electron chi connectivity index (χ4n) is 2.61. The third kappa shape index (κ3) is 4.39. The molecule has 142 valence electrons. The molecule has 6 nitrogen and oxygen atoms in total. The third-order valence-corrected chi connectivity index (χ3v) is 4.36. The zero-order valence-corrected chi connectivity index (χ0v) is 16.8. The number of para-hydroxylation sites is 1. The summed E-state index contributed by atoms with van der Waals surface area (Å²) < 4.78 is 0.686. The van der Waals surface area contributed by atoms with Gasteiger partial charge < -0.3 is 10.2 Å². The van der Waals surface area contributed by atoms with Crippen LogP contribution in [0.1, 0.15) is 11.4 Å². The van der Waals surface area contributed by atoms with Gasteiger partial charge >= 0.3 is 0 Å². The Balaban J connectivity index is 2.32. The Labute approximate surface area is 176 Å². The lowest BCUT2D eigenvalue weighted by atomic mass is 10.1. The Kier molecular flexibility index (Phi) is 5.86. The second-order valence-corrected chi connectivity index (χ2v) is 6.84. The van der Waals surface area contributed by atoms with Crippen molar-refractivity contribution in [1.29, 1.82) is 5.26 Å². The summed E-state index contributed by atoms with van der Waals surface area (Å²) in [4.78, 5) is 13.3. The number of aromatic nitrogens is 3. The molecule has 3 rings (SSSR count). The van der Waals surface area contributed by atoms with Gasteiger partial charge in [-0.25, -0.2) is 15.0 Å². The summed E-state index contributed by atoms with van der Waals surface area (Å²) in [6.07, 6.45) is 3.00. The minimum atomic E-state index is -0.239. The first-order valence-electron chi connectivity index (χ1n) is 8.39. The molecule has 3 aromatic rings. The molecule has 0 aliphatic carbocycles. The highest BCUT2D eigenvalue weighted by molar-refractivity contribution is 9.10. The Morgan fingerprint density at radius 3 is 2.48 bits per heavy atom. The number of hydrogen-bond donors (Lipinski definition) is 2.